The molecule has 204 valence electrons. The van der Waals surface area contributed by atoms with Crippen LogP contribution in [0.4, 0.5) is 11.6 Å². The molecule has 0 spiro atoms. The predicted octanol–water partition coefficient (Wildman–Crippen LogP) is 5.28. The second-order valence-electron chi connectivity index (χ2n) is 10.7. The van der Waals surface area contributed by atoms with E-state index < -0.39 is 0 Å². The van der Waals surface area contributed by atoms with Crippen LogP contribution < -0.4 is 15.6 Å². The maximum absolute atomic E-state index is 13.4. The third kappa shape index (κ3) is 4.56. The van der Waals surface area contributed by atoms with Gasteiger partial charge < -0.3 is 19.5 Å². The third-order valence-electron chi connectivity index (χ3n) is 8.02. The van der Waals surface area contributed by atoms with Gasteiger partial charge in [0.15, 0.2) is 5.65 Å². The number of benzene rings is 2. The van der Waals surface area contributed by atoms with Crippen LogP contribution in [-0.4, -0.2) is 55.5 Å². The summed E-state index contributed by atoms with van der Waals surface area (Å²) in [6.45, 7) is 3.36. The fourth-order valence-corrected chi connectivity index (χ4v) is 5.87. The first-order chi connectivity index (χ1) is 19.6. The van der Waals surface area contributed by atoms with Gasteiger partial charge >= 0.3 is 0 Å². The molecule has 0 radical (unpaired) electrons. The van der Waals surface area contributed by atoms with Gasteiger partial charge in [0.2, 0.25) is 5.95 Å². The molecular formula is C31H33N7O2. The number of nitrogens with zero attached hydrogens (tertiary/aromatic N) is 6. The molecule has 3 aromatic heterocycles. The Labute approximate surface area is 232 Å². The average Bonchev–Trinajstić information content (AvgIpc) is 3.50. The number of hydrogen-bond donors (Lipinski definition) is 1. The van der Waals surface area contributed by atoms with Crippen LogP contribution in [0.15, 0.2) is 77.9 Å². The van der Waals surface area contributed by atoms with Gasteiger partial charge in [0.05, 0.1) is 18.8 Å². The molecule has 0 amide bonds. The van der Waals surface area contributed by atoms with Gasteiger partial charge in [0, 0.05) is 41.1 Å². The molecule has 1 fully saturated rings. The Hall–Kier alpha value is -4.37. The van der Waals surface area contributed by atoms with E-state index in [-0.39, 0.29) is 5.56 Å². The van der Waals surface area contributed by atoms with Gasteiger partial charge in [0.25, 0.3) is 5.56 Å². The van der Waals surface area contributed by atoms with Crippen molar-refractivity contribution >= 4 is 33.6 Å². The van der Waals surface area contributed by atoms with Gasteiger partial charge in [-0.3, -0.25) is 4.79 Å². The van der Waals surface area contributed by atoms with Crippen LogP contribution in [0.3, 0.4) is 0 Å². The lowest BCUT2D eigenvalue weighted by atomic mass is 10.1. The van der Waals surface area contributed by atoms with Crippen LogP contribution in [0.2, 0.25) is 0 Å². The highest BCUT2D eigenvalue weighted by atomic mass is 16.5. The Morgan fingerprint density at radius 2 is 1.95 bits per heavy atom. The molecule has 5 heterocycles. The van der Waals surface area contributed by atoms with E-state index >= 15 is 0 Å². The molecule has 0 unspecified atom stereocenters. The monoisotopic (exact) mass is 535 g/mol. The molecule has 2 aromatic carbocycles. The highest BCUT2D eigenvalue weighted by molar-refractivity contribution is 5.85. The van der Waals surface area contributed by atoms with E-state index in [1.54, 1.807) is 10.9 Å². The van der Waals surface area contributed by atoms with Crippen LogP contribution in [0, 0.1) is 0 Å². The second kappa shape index (κ2) is 10.3. The lowest BCUT2D eigenvalue weighted by molar-refractivity contribution is 0.224. The van der Waals surface area contributed by atoms with E-state index in [0.29, 0.717) is 36.2 Å². The van der Waals surface area contributed by atoms with Crippen LogP contribution in [-0.2, 0) is 6.54 Å². The lowest BCUT2D eigenvalue weighted by Gasteiger charge is -2.30. The molecule has 40 heavy (non-hydrogen) atoms. The summed E-state index contributed by atoms with van der Waals surface area (Å²) >= 11 is 0. The first-order valence-corrected chi connectivity index (χ1v) is 14.1. The molecule has 2 aliphatic heterocycles. The minimum atomic E-state index is -0.119. The fraction of sp³-hybridized carbons (Fsp3) is 0.323. The number of ether oxygens (including phenoxy) is 1. The standard InChI is InChI=1S/C31H33N7O2/c1-35-15-12-24(13-16-35)36-17-11-22-19-23(9-10-28(22)36)33-31-32-21-27-29(34-31)38-25-7-6-8-26(20-25)40-18-5-3-2-4-14-37(38)30(27)39/h2,4,6-11,17,19-21,24H,3,5,12-16,18H2,1H3,(H,32,33,34). The molecule has 0 saturated carbocycles. The Morgan fingerprint density at radius 1 is 1.05 bits per heavy atom. The first-order valence-electron chi connectivity index (χ1n) is 14.1. The smallest absolute Gasteiger partial charge is 0.278 e. The highest BCUT2D eigenvalue weighted by Crippen LogP contribution is 2.30. The molecule has 7 rings (SSSR count). The minimum absolute atomic E-state index is 0.119. The zero-order chi connectivity index (χ0) is 27.1. The Balaban J connectivity index is 1.24. The number of likely N-dealkylation sites (tertiary alicyclic amines) is 1. The van der Waals surface area contributed by atoms with Gasteiger partial charge in [-0.15, -0.1) is 0 Å². The van der Waals surface area contributed by atoms with Crippen LogP contribution >= 0.6 is 0 Å². The number of aromatic nitrogens is 5. The summed E-state index contributed by atoms with van der Waals surface area (Å²) in [6, 6.07) is 16.9. The van der Waals surface area contributed by atoms with Gasteiger partial charge in [-0.1, -0.05) is 18.2 Å². The van der Waals surface area contributed by atoms with E-state index in [2.05, 4.69) is 63.4 Å². The molecule has 2 aliphatic rings. The van der Waals surface area contributed by atoms with Gasteiger partial charge in [-0.25, -0.2) is 14.3 Å². The van der Waals surface area contributed by atoms with Crippen molar-refractivity contribution in [3.8, 4) is 11.4 Å². The number of fused-ring (bicyclic) bond motifs is 7. The Bertz CT molecular complexity index is 1770. The minimum Gasteiger partial charge on any atom is -0.494 e. The van der Waals surface area contributed by atoms with Crippen molar-refractivity contribution in [3.63, 3.8) is 0 Å². The van der Waals surface area contributed by atoms with Gasteiger partial charge in [-0.05, 0) is 82.2 Å². The zero-order valence-corrected chi connectivity index (χ0v) is 22.7. The maximum atomic E-state index is 13.4. The van der Waals surface area contributed by atoms with E-state index in [9.17, 15) is 4.79 Å². The van der Waals surface area contributed by atoms with Crippen molar-refractivity contribution in [1.29, 1.82) is 0 Å². The van der Waals surface area contributed by atoms with E-state index in [4.69, 9.17) is 9.72 Å². The topological polar surface area (TPSA) is 82.1 Å². The van der Waals surface area contributed by atoms with Gasteiger partial charge in [0.1, 0.15) is 11.1 Å². The largest absolute Gasteiger partial charge is 0.494 e. The van der Waals surface area contributed by atoms with E-state index in [1.807, 2.05) is 35.0 Å². The second-order valence-corrected chi connectivity index (χ2v) is 10.7. The predicted molar refractivity (Wildman–Crippen MR) is 158 cm³/mol. The normalized spacial score (nSPS) is 16.8. The zero-order valence-electron chi connectivity index (χ0n) is 22.7. The van der Waals surface area contributed by atoms with E-state index in [1.165, 1.54) is 23.7 Å². The number of anilines is 2. The first kappa shape index (κ1) is 24.7. The lowest BCUT2D eigenvalue weighted by Crippen LogP contribution is -2.31. The molecule has 2 bridgehead atoms. The Morgan fingerprint density at radius 3 is 2.85 bits per heavy atom. The summed E-state index contributed by atoms with van der Waals surface area (Å²) in [5.41, 5.74) is 3.40. The molecule has 0 atom stereocenters. The van der Waals surface area contributed by atoms with Crippen LogP contribution in [0.25, 0.3) is 27.6 Å². The average molecular weight is 536 g/mol. The number of piperidine rings is 1. The molecule has 0 aliphatic carbocycles. The summed E-state index contributed by atoms with van der Waals surface area (Å²) < 4.78 is 11.9. The van der Waals surface area contributed by atoms with Crippen molar-refractivity contribution < 1.29 is 4.74 Å². The van der Waals surface area contributed by atoms with Crippen LogP contribution in [0.1, 0.15) is 31.7 Å². The summed E-state index contributed by atoms with van der Waals surface area (Å²) in [6.07, 6.45) is 12.1. The van der Waals surface area contributed by atoms with Crippen molar-refractivity contribution in [1.82, 2.24) is 28.8 Å². The summed E-state index contributed by atoms with van der Waals surface area (Å²) in [5.74, 6) is 1.22. The number of nitrogens with one attached hydrogen (secondary N) is 1. The molecular weight excluding hydrogens is 502 g/mol. The Kier molecular flexibility index (Phi) is 6.36. The van der Waals surface area contributed by atoms with Crippen molar-refractivity contribution in [2.24, 2.45) is 0 Å². The van der Waals surface area contributed by atoms with Gasteiger partial charge in [-0.2, -0.15) is 4.98 Å². The number of allylic oxidation sites excluding steroid dienone is 2. The highest BCUT2D eigenvalue weighted by Gasteiger charge is 2.20. The molecule has 5 aromatic rings. The summed E-state index contributed by atoms with van der Waals surface area (Å²) in [4.78, 5) is 25.2. The number of rotatable bonds is 3. The van der Waals surface area contributed by atoms with Crippen molar-refractivity contribution in [2.75, 3.05) is 32.1 Å². The molecule has 1 saturated heterocycles. The maximum Gasteiger partial charge on any atom is 0.278 e. The molecule has 9 heteroatoms. The van der Waals surface area contributed by atoms with E-state index in [0.717, 1.165) is 43.1 Å². The van der Waals surface area contributed by atoms with Crippen LogP contribution in [0.5, 0.6) is 5.75 Å². The summed E-state index contributed by atoms with van der Waals surface area (Å²) in [5, 5.41) is 5.03. The SMILES string of the molecule is CN1CCC(n2ccc3cc(Nc4ncc5c(=O)n6n(c5n4)-c4cccc(c4)OCCCC=CC6)ccc32)CC1. The number of hydrogen-bond acceptors (Lipinski definition) is 6. The molecule has 1 N–H and O–H groups in total. The quantitative estimate of drug-likeness (QED) is 0.317. The van der Waals surface area contributed by atoms with Crippen molar-refractivity contribution in [3.05, 3.63) is 83.4 Å². The fourth-order valence-electron chi connectivity index (χ4n) is 5.87. The third-order valence-corrected chi connectivity index (χ3v) is 8.02. The summed E-state index contributed by atoms with van der Waals surface area (Å²) in [7, 11) is 2.19. The van der Waals surface area contributed by atoms with Crippen molar-refractivity contribution in [2.45, 2.75) is 38.3 Å². The molecule has 9 nitrogen and oxygen atoms in total.